The smallest absolute Gasteiger partial charge is 0.254 e. The third kappa shape index (κ3) is 2.93. The zero-order valence-electron chi connectivity index (χ0n) is 9.69. The Morgan fingerprint density at radius 2 is 2.44 bits per heavy atom. The summed E-state index contributed by atoms with van der Waals surface area (Å²) >= 11 is 0. The zero-order valence-corrected chi connectivity index (χ0v) is 9.69. The minimum atomic E-state index is -0.809. The van der Waals surface area contributed by atoms with Crippen LogP contribution in [0.4, 0.5) is 10.2 Å². The lowest BCUT2D eigenvalue weighted by atomic mass is 10.2. The van der Waals surface area contributed by atoms with Gasteiger partial charge in [-0.15, -0.1) is 0 Å². The van der Waals surface area contributed by atoms with Crippen molar-refractivity contribution in [2.75, 3.05) is 32.1 Å². The molecule has 0 aliphatic carbocycles. The van der Waals surface area contributed by atoms with Crippen molar-refractivity contribution in [2.24, 2.45) is 0 Å². The Labute approximate surface area is 103 Å². The molecule has 7 heteroatoms. The second kappa shape index (κ2) is 5.74. The van der Waals surface area contributed by atoms with Gasteiger partial charge in [-0.2, -0.15) is 0 Å². The average molecular weight is 255 g/mol. The van der Waals surface area contributed by atoms with Crippen LogP contribution in [0.3, 0.4) is 0 Å². The van der Waals surface area contributed by atoms with E-state index in [2.05, 4.69) is 10.3 Å². The summed E-state index contributed by atoms with van der Waals surface area (Å²) in [6.07, 6.45) is 1.08. The van der Waals surface area contributed by atoms with Gasteiger partial charge in [0, 0.05) is 12.7 Å². The van der Waals surface area contributed by atoms with Gasteiger partial charge in [0.25, 0.3) is 5.91 Å². The van der Waals surface area contributed by atoms with Crippen LogP contribution in [0.2, 0.25) is 0 Å². The first-order valence-electron chi connectivity index (χ1n) is 5.56. The second-order valence-electron chi connectivity index (χ2n) is 3.84. The maximum absolute atomic E-state index is 13.5. The molecule has 1 aliphatic rings. The van der Waals surface area contributed by atoms with E-state index < -0.39 is 11.7 Å². The molecule has 1 saturated heterocycles. The van der Waals surface area contributed by atoms with Crippen LogP contribution >= 0.6 is 0 Å². The van der Waals surface area contributed by atoms with E-state index in [0.717, 1.165) is 0 Å². The summed E-state index contributed by atoms with van der Waals surface area (Å²) in [6, 6.07) is 1.28. The summed E-state index contributed by atoms with van der Waals surface area (Å²) in [7, 11) is 0. The van der Waals surface area contributed by atoms with Crippen LogP contribution in [0.25, 0.3) is 0 Å². The molecule has 1 aromatic heterocycles. The first-order valence-corrected chi connectivity index (χ1v) is 5.56. The Morgan fingerprint density at radius 1 is 1.61 bits per heavy atom. The summed E-state index contributed by atoms with van der Waals surface area (Å²) in [4.78, 5) is 15.3. The lowest BCUT2D eigenvalue weighted by Gasteiger charge is -2.23. The molecule has 2 heterocycles. The molecule has 98 valence electrons. The van der Waals surface area contributed by atoms with E-state index in [9.17, 15) is 9.18 Å². The summed E-state index contributed by atoms with van der Waals surface area (Å²) in [5.41, 5.74) is 5.16. The second-order valence-corrected chi connectivity index (χ2v) is 3.84. The largest absolute Gasteiger partial charge is 0.381 e. The number of carbonyl (C=O) groups is 1. The first-order chi connectivity index (χ1) is 8.68. The number of nitrogens with two attached hydrogens (primary N) is 1. The van der Waals surface area contributed by atoms with Crippen molar-refractivity contribution in [1.29, 1.82) is 0 Å². The van der Waals surface area contributed by atoms with Gasteiger partial charge in [-0.05, 0) is 6.07 Å². The standard InChI is InChI=1S/C11H14FN3O3/c12-9-8(1-2-14-10(9)13)11(16)15-5-7-6-17-3-4-18-7/h1-2,7H,3-6H2,(H2,13,14)(H,15,16). The minimum Gasteiger partial charge on any atom is -0.381 e. The summed E-state index contributed by atoms with van der Waals surface area (Å²) < 4.78 is 24.0. The van der Waals surface area contributed by atoms with E-state index in [-0.39, 0.29) is 24.0 Å². The Kier molecular flexibility index (Phi) is 4.06. The third-order valence-corrected chi connectivity index (χ3v) is 2.54. The molecule has 6 nitrogen and oxygen atoms in total. The fourth-order valence-electron chi connectivity index (χ4n) is 1.59. The van der Waals surface area contributed by atoms with Gasteiger partial charge in [0.05, 0.1) is 31.5 Å². The van der Waals surface area contributed by atoms with Gasteiger partial charge in [-0.25, -0.2) is 9.37 Å². The SMILES string of the molecule is Nc1nccc(C(=O)NCC2COCCO2)c1F. The van der Waals surface area contributed by atoms with Crippen molar-refractivity contribution >= 4 is 11.7 Å². The van der Waals surface area contributed by atoms with Crippen molar-refractivity contribution in [3.63, 3.8) is 0 Å². The number of hydrogen-bond acceptors (Lipinski definition) is 5. The predicted octanol–water partition coefficient (Wildman–Crippen LogP) is -0.0519. The molecule has 1 aliphatic heterocycles. The summed E-state index contributed by atoms with van der Waals surface area (Å²) in [6.45, 7) is 1.73. The van der Waals surface area contributed by atoms with E-state index >= 15 is 0 Å². The number of anilines is 1. The number of hydrogen-bond donors (Lipinski definition) is 2. The molecule has 0 aromatic carbocycles. The molecule has 1 atom stereocenters. The highest BCUT2D eigenvalue weighted by Gasteiger charge is 2.18. The van der Waals surface area contributed by atoms with Gasteiger partial charge in [0.15, 0.2) is 11.6 Å². The number of pyridine rings is 1. The van der Waals surface area contributed by atoms with Gasteiger partial charge in [-0.3, -0.25) is 4.79 Å². The Balaban J connectivity index is 1.93. The lowest BCUT2D eigenvalue weighted by molar-refractivity contribution is -0.0855. The van der Waals surface area contributed by atoms with Crippen LogP contribution in [-0.2, 0) is 9.47 Å². The lowest BCUT2D eigenvalue weighted by Crippen LogP contribution is -2.40. The first kappa shape index (κ1) is 12.7. The van der Waals surface area contributed by atoms with Gasteiger partial charge in [0.1, 0.15) is 0 Å². The topological polar surface area (TPSA) is 86.5 Å². The van der Waals surface area contributed by atoms with E-state index in [1.165, 1.54) is 12.3 Å². The molecular formula is C11H14FN3O3. The molecule has 1 fully saturated rings. The molecule has 3 N–H and O–H groups in total. The fraction of sp³-hybridized carbons (Fsp3) is 0.455. The van der Waals surface area contributed by atoms with Crippen LogP contribution in [0, 0.1) is 5.82 Å². The van der Waals surface area contributed by atoms with E-state index in [0.29, 0.717) is 19.8 Å². The molecule has 0 radical (unpaired) electrons. The maximum atomic E-state index is 13.5. The molecule has 0 spiro atoms. The molecule has 1 amide bonds. The highest BCUT2D eigenvalue weighted by Crippen LogP contribution is 2.11. The molecule has 2 rings (SSSR count). The molecule has 0 bridgehead atoms. The quantitative estimate of drug-likeness (QED) is 0.790. The number of rotatable bonds is 3. The van der Waals surface area contributed by atoms with Crippen LogP contribution < -0.4 is 11.1 Å². The number of aromatic nitrogens is 1. The van der Waals surface area contributed by atoms with Gasteiger partial charge < -0.3 is 20.5 Å². The number of nitrogens with one attached hydrogen (secondary N) is 1. The van der Waals surface area contributed by atoms with Gasteiger partial charge >= 0.3 is 0 Å². The monoisotopic (exact) mass is 255 g/mol. The van der Waals surface area contributed by atoms with Crippen LogP contribution in [0.5, 0.6) is 0 Å². The summed E-state index contributed by atoms with van der Waals surface area (Å²) in [5.74, 6) is -1.65. The minimum absolute atomic E-state index is 0.126. The maximum Gasteiger partial charge on any atom is 0.254 e. The number of amides is 1. The van der Waals surface area contributed by atoms with Crippen LogP contribution in [0.1, 0.15) is 10.4 Å². The van der Waals surface area contributed by atoms with Crippen molar-refractivity contribution < 1.29 is 18.7 Å². The fourth-order valence-corrected chi connectivity index (χ4v) is 1.59. The van der Waals surface area contributed by atoms with Crippen molar-refractivity contribution in [3.05, 3.63) is 23.6 Å². The third-order valence-electron chi connectivity index (χ3n) is 2.54. The molecule has 18 heavy (non-hydrogen) atoms. The van der Waals surface area contributed by atoms with Crippen molar-refractivity contribution in [2.45, 2.75) is 6.10 Å². The highest BCUT2D eigenvalue weighted by molar-refractivity contribution is 5.95. The van der Waals surface area contributed by atoms with E-state index in [1.54, 1.807) is 0 Å². The zero-order chi connectivity index (χ0) is 13.0. The normalized spacial score (nSPS) is 19.5. The van der Waals surface area contributed by atoms with Gasteiger partial charge in [-0.1, -0.05) is 0 Å². The van der Waals surface area contributed by atoms with E-state index in [1.807, 2.05) is 0 Å². The van der Waals surface area contributed by atoms with Crippen LogP contribution in [0.15, 0.2) is 12.3 Å². The highest BCUT2D eigenvalue weighted by atomic mass is 19.1. The van der Waals surface area contributed by atoms with Crippen molar-refractivity contribution in [1.82, 2.24) is 10.3 Å². The number of nitrogens with zero attached hydrogens (tertiary/aromatic N) is 1. The number of ether oxygens (including phenoxy) is 2. The number of carbonyl (C=O) groups excluding carboxylic acids is 1. The Morgan fingerprint density at radius 3 is 3.17 bits per heavy atom. The average Bonchev–Trinajstić information content (AvgIpc) is 2.40. The number of nitrogen functional groups attached to an aromatic ring is 1. The summed E-state index contributed by atoms with van der Waals surface area (Å²) in [5, 5.41) is 2.57. The molecule has 1 aromatic rings. The van der Waals surface area contributed by atoms with Crippen LogP contribution in [-0.4, -0.2) is 43.4 Å². The molecule has 1 unspecified atom stereocenters. The molecule has 0 saturated carbocycles. The van der Waals surface area contributed by atoms with Gasteiger partial charge in [0.2, 0.25) is 0 Å². The number of halogens is 1. The van der Waals surface area contributed by atoms with Crippen molar-refractivity contribution in [3.8, 4) is 0 Å². The predicted molar refractivity (Wildman–Crippen MR) is 61.5 cm³/mol. The Bertz CT molecular complexity index is 436. The van der Waals surface area contributed by atoms with E-state index in [4.69, 9.17) is 15.2 Å². The Hall–Kier alpha value is -1.73. The molecular weight excluding hydrogens is 241 g/mol.